The monoisotopic (exact) mass is 655 g/mol. The molecule has 4 rings (SSSR count). The molecule has 0 radical (unpaired) electrons. The predicted molar refractivity (Wildman–Crippen MR) is 148 cm³/mol. The van der Waals surface area contributed by atoms with Gasteiger partial charge < -0.3 is 15.7 Å². The number of sulfonamides is 1. The SMILES string of the molecule is CNc1nc(NCC2CCC(CNS(=O)(=O)c3cc(C(F)(F)F)ccc3Cl)CC2)nc2ccccc12.O=C(O)C(F)(F)F. The third-order valence-corrected chi connectivity index (χ3v) is 8.61. The van der Waals surface area contributed by atoms with E-state index in [2.05, 4.69) is 25.3 Å². The van der Waals surface area contributed by atoms with E-state index in [0.717, 1.165) is 54.5 Å². The van der Waals surface area contributed by atoms with Crippen molar-refractivity contribution in [2.45, 2.75) is 42.9 Å². The van der Waals surface area contributed by atoms with Gasteiger partial charge in [0, 0.05) is 25.5 Å². The number of aromatic nitrogens is 2. The lowest BCUT2D eigenvalue weighted by Gasteiger charge is -2.28. The van der Waals surface area contributed by atoms with Crippen molar-refractivity contribution < 1.29 is 44.7 Å². The van der Waals surface area contributed by atoms with Crippen molar-refractivity contribution in [3.8, 4) is 0 Å². The van der Waals surface area contributed by atoms with E-state index in [1.165, 1.54) is 0 Å². The Kier molecular flexibility index (Phi) is 11.1. The predicted octanol–water partition coefficient (Wildman–Crippen LogP) is 6.17. The number of hydrogen-bond acceptors (Lipinski definition) is 7. The number of anilines is 2. The van der Waals surface area contributed by atoms with Gasteiger partial charge in [-0.15, -0.1) is 0 Å². The molecule has 0 unspecified atom stereocenters. The number of hydrogen-bond donors (Lipinski definition) is 4. The summed E-state index contributed by atoms with van der Waals surface area (Å²) in [5, 5.41) is 14.2. The number of carboxylic acids is 1. The molecule has 0 spiro atoms. The summed E-state index contributed by atoms with van der Waals surface area (Å²) in [5.74, 6) is -0.990. The smallest absolute Gasteiger partial charge is 0.475 e. The van der Waals surface area contributed by atoms with Gasteiger partial charge in [-0.2, -0.15) is 31.3 Å². The molecule has 0 aliphatic heterocycles. The summed E-state index contributed by atoms with van der Waals surface area (Å²) < 4.78 is 98.5. The molecule has 9 nitrogen and oxygen atoms in total. The van der Waals surface area contributed by atoms with Crippen LogP contribution < -0.4 is 15.4 Å². The Labute approximate surface area is 248 Å². The van der Waals surface area contributed by atoms with Crippen LogP contribution in [0.15, 0.2) is 47.4 Å². The fourth-order valence-electron chi connectivity index (χ4n) is 4.41. The minimum Gasteiger partial charge on any atom is -0.475 e. The molecule has 1 fully saturated rings. The molecule has 1 aromatic heterocycles. The van der Waals surface area contributed by atoms with Crippen molar-refractivity contribution in [3.63, 3.8) is 0 Å². The highest BCUT2D eigenvalue weighted by Crippen LogP contribution is 2.34. The van der Waals surface area contributed by atoms with Gasteiger partial charge in [0.2, 0.25) is 16.0 Å². The number of carboxylic acid groups (broad SMARTS) is 1. The lowest BCUT2D eigenvalue weighted by Crippen LogP contribution is -2.32. The third-order valence-electron chi connectivity index (χ3n) is 6.71. The first-order chi connectivity index (χ1) is 20.0. The van der Waals surface area contributed by atoms with Gasteiger partial charge >= 0.3 is 18.3 Å². The molecule has 2 aromatic carbocycles. The second-order valence-electron chi connectivity index (χ2n) is 9.73. The fraction of sp³-hybridized carbons (Fsp3) is 0.423. The van der Waals surface area contributed by atoms with Gasteiger partial charge in [-0.05, 0) is 67.9 Å². The first-order valence-electron chi connectivity index (χ1n) is 12.9. The van der Waals surface area contributed by atoms with Gasteiger partial charge in [0.15, 0.2) is 0 Å². The van der Waals surface area contributed by atoms with Crippen LogP contribution in [0, 0.1) is 11.8 Å². The Morgan fingerprint density at radius 1 is 0.977 bits per heavy atom. The Hall–Kier alpha value is -3.37. The Bertz CT molecular complexity index is 1530. The molecule has 0 saturated heterocycles. The van der Waals surface area contributed by atoms with Crippen LogP contribution in [0.3, 0.4) is 0 Å². The summed E-state index contributed by atoms with van der Waals surface area (Å²) >= 11 is 5.90. The molecule has 1 aliphatic carbocycles. The van der Waals surface area contributed by atoms with Gasteiger partial charge in [-0.3, -0.25) is 0 Å². The maximum absolute atomic E-state index is 13.0. The maximum atomic E-state index is 13.0. The number of nitrogens with zero attached hydrogens (tertiary/aromatic N) is 2. The Morgan fingerprint density at radius 3 is 2.12 bits per heavy atom. The summed E-state index contributed by atoms with van der Waals surface area (Å²) in [6, 6.07) is 10.0. The van der Waals surface area contributed by atoms with Gasteiger partial charge in [-0.25, -0.2) is 22.9 Å². The number of nitrogens with one attached hydrogen (secondary N) is 3. The second-order valence-corrected chi connectivity index (χ2v) is 11.9. The zero-order valence-electron chi connectivity index (χ0n) is 22.6. The van der Waals surface area contributed by atoms with Crippen LogP contribution in [0.2, 0.25) is 5.02 Å². The number of halogens is 7. The number of rotatable bonds is 8. The first-order valence-corrected chi connectivity index (χ1v) is 14.7. The fourth-order valence-corrected chi connectivity index (χ4v) is 6.05. The summed E-state index contributed by atoms with van der Waals surface area (Å²) in [6.45, 7) is 0.841. The van der Waals surface area contributed by atoms with Crippen molar-refractivity contribution in [2.75, 3.05) is 30.8 Å². The lowest BCUT2D eigenvalue weighted by molar-refractivity contribution is -0.192. The van der Waals surface area contributed by atoms with Gasteiger partial charge in [-0.1, -0.05) is 23.7 Å². The number of para-hydroxylation sites is 1. The molecule has 1 saturated carbocycles. The maximum Gasteiger partial charge on any atom is 0.490 e. The lowest BCUT2D eigenvalue weighted by atomic mass is 9.82. The van der Waals surface area contributed by atoms with Gasteiger partial charge in [0.05, 0.1) is 16.1 Å². The topological polar surface area (TPSA) is 133 Å². The molecular formula is C26H28ClF6N5O4S. The molecule has 0 atom stereocenters. The molecule has 0 amide bonds. The van der Waals surface area contributed by atoms with E-state index in [1.807, 2.05) is 31.3 Å². The van der Waals surface area contributed by atoms with Crippen LogP contribution in [0.25, 0.3) is 10.9 Å². The standard InChI is InChI=1S/C24H27ClF3N5O2S.C2HF3O2/c1-29-22-18-4-2-3-5-20(18)32-23(33-22)30-13-15-6-8-16(9-7-15)14-31-36(34,35)21-12-17(24(26,27)28)10-11-19(21)25;3-2(4,5)1(6)7/h2-5,10-12,15-16,31H,6-9,13-14H2,1H3,(H2,29,30,32,33);(H,6,7). The average molecular weight is 656 g/mol. The second kappa shape index (κ2) is 13.9. The minimum atomic E-state index is -5.08. The normalized spacial score (nSPS) is 17.6. The van der Waals surface area contributed by atoms with Crippen LogP contribution in [0.4, 0.5) is 38.1 Å². The van der Waals surface area contributed by atoms with Crippen LogP contribution in [0.5, 0.6) is 0 Å². The van der Waals surface area contributed by atoms with Crippen molar-refractivity contribution in [1.82, 2.24) is 14.7 Å². The molecule has 43 heavy (non-hydrogen) atoms. The number of aliphatic carboxylic acids is 1. The highest BCUT2D eigenvalue weighted by atomic mass is 35.5. The van der Waals surface area contributed by atoms with E-state index < -0.39 is 38.8 Å². The van der Waals surface area contributed by atoms with Crippen molar-refractivity contribution in [1.29, 1.82) is 0 Å². The summed E-state index contributed by atoms with van der Waals surface area (Å²) in [7, 11) is -2.36. The summed E-state index contributed by atoms with van der Waals surface area (Å²) in [6.07, 6.45) is -6.38. The molecule has 0 bridgehead atoms. The molecule has 3 aromatic rings. The third kappa shape index (κ3) is 9.56. The number of fused-ring (bicyclic) bond motifs is 1. The molecule has 4 N–H and O–H groups in total. The van der Waals surface area contributed by atoms with Crippen molar-refractivity contribution in [2.24, 2.45) is 11.8 Å². The van der Waals surface area contributed by atoms with Crippen molar-refractivity contribution in [3.05, 3.63) is 53.1 Å². The van der Waals surface area contributed by atoms with E-state index >= 15 is 0 Å². The minimum absolute atomic E-state index is 0.0911. The largest absolute Gasteiger partial charge is 0.490 e. The van der Waals surface area contributed by atoms with Crippen LogP contribution in [0.1, 0.15) is 31.2 Å². The number of carbonyl (C=O) groups is 1. The summed E-state index contributed by atoms with van der Waals surface area (Å²) in [5.41, 5.74) is -0.214. The number of benzene rings is 2. The highest BCUT2D eigenvalue weighted by molar-refractivity contribution is 7.89. The first kappa shape index (κ1) is 34.1. The zero-order chi connectivity index (χ0) is 32.0. The summed E-state index contributed by atoms with van der Waals surface area (Å²) in [4.78, 5) is 17.5. The zero-order valence-corrected chi connectivity index (χ0v) is 24.1. The van der Waals surface area contributed by atoms with E-state index in [1.54, 1.807) is 0 Å². The quantitative estimate of drug-likeness (QED) is 0.212. The van der Waals surface area contributed by atoms with E-state index in [-0.39, 0.29) is 17.5 Å². The average Bonchev–Trinajstić information content (AvgIpc) is 2.94. The molecular weight excluding hydrogens is 628 g/mol. The van der Waals surface area contributed by atoms with Crippen LogP contribution in [-0.2, 0) is 21.0 Å². The molecule has 17 heteroatoms. The number of alkyl halides is 6. The Balaban J connectivity index is 0.000000646. The van der Waals surface area contributed by atoms with Crippen LogP contribution in [-0.4, -0.2) is 55.8 Å². The van der Waals surface area contributed by atoms with E-state index in [4.69, 9.17) is 21.5 Å². The van der Waals surface area contributed by atoms with Gasteiger partial charge in [0.1, 0.15) is 10.7 Å². The molecule has 1 aliphatic rings. The highest BCUT2D eigenvalue weighted by Gasteiger charge is 2.38. The van der Waals surface area contributed by atoms with Gasteiger partial charge in [0.25, 0.3) is 0 Å². The molecule has 236 valence electrons. The van der Waals surface area contributed by atoms with E-state index in [9.17, 15) is 34.8 Å². The Morgan fingerprint density at radius 2 is 1.56 bits per heavy atom. The van der Waals surface area contributed by atoms with Crippen LogP contribution >= 0.6 is 11.6 Å². The van der Waals surface area contributed by atoms with E-state index in [0.29, 0.717) is 24.5 Å². The van der Waals surface area contributed by atoms with Crippen molar-refractivity contribution >= 4 is 50.3 Å². The molecule has 1 heterocycles.